The van der Waals surface area contributed by atoms with Crippen LogP contribution in [0.5, 0.6) is 0 Å². The Balaban J connectivity index is 2.15. The van der Waals surface area contributed by atoms with E-state index in [-0.39, 0.29) is 5.78 Å². The summed E-state index contributed by atoms with van der Waals surface area (Å²) in [5.41, 5.74) is 3.00. The average Bonchev–Trinajstić information content (AvgIpc) is 2.83. The summed E-state index contributed by atoms with van der Waals surface area (Å²) in [6, 6.07) is 10.8. The van der Waals surface area contributed by atoms with Gasteiger partial charge in [0.1, 0.15) is 0 Å². The van der Waals surface area contributed by atoms with Crippen LogP contribution in [0.3, 0.4) is 0 Å². The highest BCUT2D eigenvalue weighted by molar-refractivity contribution is 6.32. The zero-order valence-electron chi connectivity index (χ0n) is 10.7. The van der Waals surface area contributed by atoms with Crippen molar-refractivity contribution in [2.45, 2.75) is 6.92 Å². The van der Waals surface area contributed by atoms with Crippen LogP contribution in [0.1, 0.15) is 21.5 Å². The molecule has 0 aliphatic rings. The number of benzene rings is 2. The second-order valence-electron chi connectivity index (χ2n) is 4.68. The van der Waals surface area contributed by atoms with Crippen LogP contribution in [0.15, 0.2) is 42.6 Å². The van der Waals surface area contributed by atoms with Gasteiger partial charge in [0.05, 0.1) is 0 Å². The monoisotopic (exact) mass is 303 g/mol. The third-order valence-corrected chi connectivity index (χ3v) is 3.80. The number of rotatable bonds is 2. The summed E-state index contributed by atoms with van der Waals surface area (Å²) in [5, 5.41) is 2.05. The SMILES string of the molecule is Cc1ccc(Cl)cc1C(=O)c1c[nH]c2cc(Cl)ccc12. The van der Waals surface area contributed by atoms with E-state index in [4.69, 9.17) is 23.2 Å². The number of hydrogen-bond donors (Lipinski definition) is 1. The number of carbonyl (C=O) groups excluding carboxylic acids is 1. The van der Waals surface area contributed by atoms with Crippen LogP contribution in [0, 0.1) is 6.92 Å². The van der Waals surface area contributed by atoms with E-state index in [1.54, 1.807) is 30.5 Å². The maximum Gasteiger partial charge on any atom is 0.195 e. The van der Waals surface area contributed by atoms with Gasteiger partial charge >= 0.3 is 0 Å². The summed E-state index contributed by atoms with van der Waals surface area (Å²) in [6.45, 7) is 1.90. The maximum atomic E-state index is 12.7. The molecule has 0 radical (unpaired) electrons. The predicted molar refractivity (Wildman–Crippen MR) is 82.9 cm³/mol. The summed E-state index contributed by atoms with van der Waals surface area (Å²) in [7, 11) is 0. The van der Waals surface area contributed by atoms with Gasteiger partial charge in [-0.15, -0.1) is 0 Å². The van der Waals surface area contributed by atoms with Crippen molar-refractivity contribution in [3.8, 4) is 0 Å². The Morgan fingerprint density at radius 3 is 2.50 bits per heavy atom. The van der Waals surface area contributed by atoms with Crippen molar-refractivity contribution in [1.82, 2.24) is 4.98 Å². The lowest BCUT2D eigenvalue weighted by atomic mass is 9.99. The molecule has 20 heavy (non-hydrogen) atoms. The molecular formula is C16H11Cl2NO. The molecule has 100 valence electrons. The minimum atomic E-state index is -0.0430. The van der Waals surface area contributed by atoms with Crippen LogP contribution >= 0.6 is 23.2 Å². The van der Waals surface area contributed by atoms with Gasteiger partial charge in [-0.05, 0) is 36.8 Å². The molecule has 0 saturated carbocycles. The van der Waals surface area contributed by atoms with Crippen LogP contribution in [0.2, 0.25) is 10.0 Å². The van der Waals surface area contributed by atoms with Crippen molar-refractivity contribution >= 4 is 39.9 Å². The fraction of sp³-hybridized carbons (Fsp3) is 0.0625. The second-order valence-corrected chi connectivity index (χ2v) is 5.55. The van der Waals surface area contributed by atoms with Gasteiger partial charge in [-0.25, -0.2) is 0 Å². The Morgan fingerprint density at radius 2 is 1.70 bits per heavy atom. The van der Waals surface area contributed by atoms with E-state index in [0.29, 0.717) is 21.2 Å². The molecule has 2 aromatic carbocycles. The summed E-state index contributed by atoms with van der Waals surface area (Å²) in [4.78, 5) is 15.7. The molecule has 1 N–H and O–H groups in total. The van der Waals surface area contributed by atoms with Crippen molar-refractivity contribution in [3.63, 3.8) is 0 Å². The number of H-pyrrole nitrogens is 1. The third kappa shape index (κ3) is 2.21. The number of aryl methyl sites for hydroxylation is 1. The summed E-state index contributed by atoms with van der Waals surface area (Å²) < 4.78 is 0. The number of fused-ring (bicyclic) bond motifs is 1. The highest BCUT2D eigenvalue weighted by Crippen LogP contribution is 2.26. The minimum Gasteiger partial charge on any atom is -0.360 e. The highest BCUT2D eigenvalue weighted by atomic mass is 35.5. The molecule has 0 atom stereocenters. The number of ketones is 1. The fourth-order valence-electron chi connectivity index (χ4n) is 2.27. The van der Waals surface area contributed by atoms with Crippen molar-refractivity contribution in [1.29, 1.82) is 0 Å². The molecule has 3 aromatic rings. The summed E-state index contributed by atoms with van der Waals surface area (Å²) >= 11 is 11.9. The predicted octanol–water partition coefficient (Wildman–Crippen LogP) is 5.01. The topological polar surface area (TPSA) is 32.9 Å². The van der Waals surface area contributed by atoms with Crippen molar-refractivity contribution in [2.24, 2.45) is 0 Å². The zero-order valence-corrected chi connectivity index (χ0v) is 12.2. The Labute approximate surface area is 126 Å². The zero-order chi connectivity index (χ0) is 14.3. The van der Waals surface area contributed by atoms with Gasteiger partial charge in [-0.3, -0.25) is 4.79 Å². The maximum absolute atomic E-state index is 12.7. The van der Waals surface area contributed by atoms with Gasteiger partial charge in [0.2, 0.25) is 0 Å². The van der Waals surface area contributed by atoms with E-state index in [1.807, 2.05) is 19.1 Å². The van der Waals surface area contributed by atoms with E-state index >= 15 is 0 Å². The lowest BCUT2D eigenvalue weighted by Crippen LogP contribution is -2.02. The van der Waals surface area contributed by atoms with E-state index < -0.39 is 0 Å². The molecule has 4 heteroatoms. The average molecular weight is 304 g/mol. The van der Waals surface area contributed by atoms with Gasteiger partial charge in [-0.1, -0.05) is 35.3 Å². The number of aromatic nitrogens is 1. The van der Waals surface area contributed by atoms with Crippen LogP contribution < -0.4 is 0 Å². The van der Waals surface area contributed by atoms with Gasteiger partial charge < -0.3 is 4.98 Å². The highest BCUT2D eigenvalue weighted by Gasteiger charge is 2.16. The first-order chi connectivity index (χ1) is 9.56. The second kappa shape index (κ2) is 4.97. The van der Waals surface area contributed by atoms with Crippen LogP contribution in [0.25, 0.3) is 10.9 Å². The van der Waals surface area contributed by atoms with Crippen molar-refractivity contribution in [3.05, 3.63) is 69.3 Å². The molecule has 2 nitrogen and oxygen atoms in total. The molecule has 0 fully saturated rings. The first-order valence-electron chi connectivity index (χ1n) is 6.14. The molecule has 3 rings (SSSR count). The Kier molecular flexibility index (Phi) is 3.28. The third-order valence-electron chi connectivity index (χ3n) is 3.33. The molecular weight excluding hydrogens is 293 g/mol. The minimum absolute atomic E-state index is 0.0430. The van der Waals surface area contributed by atoms with E-state index in [2.05, 4.69) is 4.98 Å². The Morgan fingerprint density at radius 1 is 1.00 bits per heavy atom. The Bertz CT molecular complexity index is 820. The molecule has 0 amide bonds. The van der Waals surface area contributed by atoms with Gasteiger partial charge in [0.15, 0.2) is 5.78 Å². The summed E-state index contributed by atoms with van der Waals surface area (Å²) in [5.74, 6) is -0.0430. The van der Waals surface area contributed by atoms with Crippen LogP contribution in [-0.4, -0.2) is 10.8 Å². The summed E-state index contributed by atoms with van der Waals surface area (Å²) in [6.07, 6.45) is 1.71. The molecule has 0 saturated heterocycles. The van der Waals surface area contributed by atoms with E-state index in [0.717, 1.165) is 16.5 Å². The Hall–Kier alpha value is -1.77. The standard InChI is InChI=1S/C16H11Cl2NO/c1-9-2-3-10(17)6-13(9)16(20)14-8-19-15-7-11(18)4-5-12(14)15/h2-8,19H,1H3. The lowest BCUT2D eigenvalue weighted by Gasteiger charge is -2.05. The molecule has 0 unspecified atom stereocenters. The van der Waals surface area contributed by atoms with Crippen molar-refractivity contribution < 1.29 is 4.79 Å². The first kappa shape index (κ1) is 13.2. The molecule has 0 aliphatic heterocycles. The van der Waals surface area contributed by atoms with E-state index in [9.17, 15) is 4.79 Å². The van der Waals surface area contributed by atoms with Crippen LogP contribution in [-0.2, 0) is 0 Å². The normalized spacial score (nSPS) is 10.9. The lowest BCUT2D eigenvalue weighted by molar-refractivity contribution is 0.104. The quantitative estimate of drug-likeness (QED) is 0.663. The molecule has 1 heterocycles. The first-order valence-corrected chi connectivity index (χ1v) is 6.89. The van der Waals surface area contributed by atoms with Gasteiger partial charge in [0, 0.05) is 38.3 Å². The smallest absolute Gasteiger partial charge is 0.195 e. The van der Waals surface area contributed by atoms with E-state index in [1.165, 1.54) is 0 Å². The number of nitrogens with one attached hydrogen (secondary N) is 1. The van der Waals surface area contributed by atoms with Gasteiger partial charge in [-0.2, -0.15) is 0 Å². The van der Waals surface area contributed by atoms with Gasteiger partial charge in [0.25, 0.3) is 0 Å². The van der Waals surface area contributed by atoms with Crippen molar-refractivity contribution in [2.75, 3.05) is 0 Å². The molecule has 0 spiro atoms. The largest absolute Gasteiger partial charge is 0.360 e. The molecule has 0 bridgehead atoms. The number of carbonyl (C=O) groups is 1. The number of aromatic amines is 1. The number of halogens is 2. The van der Waals surface area contributed by atoms with Crippen LogP contribution in [0.4, 0.5) is 0 Å². The molecule has 1 aromatic heterocycles. The number of hydrogen-bond acceptors (Lipinski definition) is 1. The fourth-order valence-corrected chi connectivity index (χ4v) is 2.61. The molecule has 0 aliphatic carbocycles.